The molecule has 0 bridgehead atoms. The molecule has 98 valence electrons. The van der Waals surface area contributed by atoms with Crippen LogP contribution in [-0.2, 0) is 4.79 Å². The third kappa shape index (κ3) is 3.13. The van der Waals surface area contributed by atoms with Gasteiger partial charge in [-0.15, -0.1) is 11.6 Å². The Balaban J connectivity index is 1.92. The number of carbonyl (C=O) groups excluding carboxylic acids is 1. The van der Waals surface area contributed by atoms with Gasteiger partial charge < -0.3 is 9.64 Å². The summed E-state index contributed by atoms with van der Waals surface area (Å²) in [6, 6.07) is 5.67. The first-order valence-electron chi connectivity index (χ1n) is 6.09. The highest BCUT2D eigenvalue weighted by molar-refractivity contribution is 6.30. The van der Waals surface area contributed by atoms with E-state index >= 15 is 0 Å². The van der Waals surface area contributed by atoms with Crippen LogP contribution in [0.2, 0.25) is 0 Å². The van der Waals surface area contributed by atoms with Crippen molar-refractivity contribution in [2.75, 3.05) is 13.1 Å². The van der Waals surface area contributed by atoms with Crippen LogP contribution in [0.4, 0.5) is 0 Å². The van der Waals surface area contributed by atoms with Gasteiger partial charge in [0.25, 0.3) is 0 Å². The fraction of sp³-hybridized carbons (Fsp3) is 0.538. The zero-order valence-electron chi connectivity index (χ0n) is 10.6. The van der Waals surface area contributed by atoms with Crippen molar-refractivity contribution in [3.8, 4) is 5.88 Å². The molecule has 2 atom stereocenters. The zero-order valence-corrected chi connectivity index (χ0v) is 11.4. The molecular weight excluding hydrogens is 252 g/mol. The van der Waals surface area contributed by atoms with Crippen LogP contribution in [0.5, 0.6) is 5.88 Å². The lowest BCUT2D eigenvalue weighted by atomic mass is 10.3. The second-order valence-corrected chi connectivity index (χ2v) is 5.20. The minimum absolute atomic E-state index is 0.0127. The van der Waals surface area contributed by atoms with Gasteiger partial charge in [0.2, 0.25) is 11.8 Å². The maximum atomic E-state index is 11.7. The van der Waals surface area contributed by atoms with E-state index < -0.39 is 5.38 Å². The largest absolute Gasteiger partial charge is 0.472 e. The van der Waals surface area contributed by atoms with Gasteiger partial charge in [0.1, 0.15) is 11.5 Å². The highest BCUT2D eigenvalue weighted by Gasteiger charge is 2.29. The number of rotatable bonds is 3. The first-order chi connectivity index (χ1) is 8.56. The zero-order chi connectivity index (χ0) is 13.1. The molecule has 1 aromatic heterocycles. The maximum Gasteiger partial charge on any atom is 0.240 e. The lowest BCUT2D eigenvalue weighted by Gasteiger charge is -2.18. The first-order valence-corrected chi connectivity index (χ1v) is 6.53. The van der Waals surface area contributed by atoms with Gasteiger partial charge in [0.15, 0.2) is 0 Å². The number of ether oxygens (including phenoxy) is 1. The van der Waals surface area contributed by atoms with Crippen molar-refractivity contribution in [1.29, 1.82) is 0 Å². The van der Waals surface area contributed by atoms with Crippen molar-refractivity contribution in [1.82, 2.24) is 9.88 Å². The topological polar surface area (TPSA) is 42.4 Å². The molecule has 2 unspecified atom stereocenters. The number of aromatic nitrogens is 1. The van der Waals surface area contributed by atoms with E-state index in [0.717, 1.165) is 12.1 Å². The first kappa shape index (κ1) is 13.1. The monoisotopic (exact) mass is 268 g/mol. The number of pyridine rings is 1. The lowest BCUT2D eigenvalue weighted by molar-refractivity contribution is -0.129. The molecule has 1 aliphatic heterocycles. The third-order valence-corrected chi connectivity index (χ3v) is 3.13. The van der Waals surface area contributed by atoms with Crippen LogP contribution in [0.15, 0.2) is 18.2 Å². The van der Waals surface area contributed by atoms with Gasteiger partial charge in [-0.3, -0.25) is 4.79 Å². The van der Waals surface area contributed by atoms with E-state index in [2.05, 4.69) is 4.98 Å². The van der Waals surface area contributed by atoms with Crippen LogP contribution < -0.4 is 4.74 Å². The van der Waals surface area contributed by atoms with Crippen LogP contribution in [-0.4, -0.2) is 40.4 Å². The highest BCUT2D eigenvalue weighted by Crippen LogP contribution is 2.18. The van der Waals surface area contributed by atoms with Crippen molar-refractivity contribution >= 4 is 17.5 Å². The molecule has 4 nitrogen and oxygen atoms in total. The minimum Gasteiger partial charge on any atom is -0.472 e. The molecule has 0 saturated carbocycles. The molecule has 2 rings (SSSR count). The third-order valence-electron chi connectivity index (χ3n) is 2.95. The summed E-state index contributed by atoms with van der Waals surface area (Å²) in [5, 5.41) is -0.471. The predicted octanol–water partition coefficient (Wildman–Crippen LogP) is 2.00. The molecule has 0 spiro atoms. The van der Waals surface area contributed by atoms with Crippen molar-refractivity contribution in [3.63, 3.8) is 0 Å². The lowest BCUT2D eigenvalue weighted by Crippen LogP contribution is -2.35. The van der Waals surface area contributed by atoms with Crippen LogP contribution in [0, 0.1) is 6.92 Å². The predicted molar refractivity (Wildman–Crippen MR) is 69.9 cm³/mol. The summed E-state index contributed by atoms with van der Waals surface area (Å²) in [4.78, 5) is 17.8. The fourth-order valence-corrected chi connectivity index (χ4v) is 2.17. The van der Waals surface area contributed by atoms with Gasteiger partial charge in [-0.2, -0.15) is 0 Å². The Morgan fingerprint density at radius 3 is 3.06 bits per heavy atom. The summed E-state index contributed by atoms with van der Waals surface area (Å²) in [5.74, 6) is 0.591. The number of amides is 1. The Hall–Kier alpha value is -1.29. The van der Waals surface area contributed by atoms with Crippen LogP contribution >= 0.6 is 11.6 Å². The molecule has 0 aromatic carbocycles. The summed E-state index contributed by atoms with van der Waals surface area (Å²) in [6.45, 7) is 4.91. The molecule has 5 heteroatoms. The van der Waals surface area contributed by atoms with Crippen molar-refractivity contribution in [2.24, 2.45) is 0 Å². The maximum absolute atomic E-state index is 11.7. The summed E-state index contributed by atoms with van der Waals surface area (Å²) >= 11 is 5.79. The Bertz CT molecular complexity index is 437. The summed E-state index contributed by atoms with van der Waals surface area (Å²) in [5.41, 5.74) is 0.924. The Morgan fingerprint density at radius 1 is 1.61 bits per heavy atom. The van der Waals surface area contributed by atoms with Crippen molar-refractivity contribution in [2.45, 2.75) is 31.7 Å². The van der Waals surface area contributed by atoms with E-state index in [1.165, 1.54) is 0 Å². The smallest absolute Gasteiger partial charge is 0.240 e. The van der Waals surface area contributed by atoms with E-state index in [1.807, 2.05) is 25.1 Å². The van der Waals surface area contributed by atoms with Gasteiger partial charge in [-0.05, 0) is 19.9 Å². The van der Waals surface area contributed by atoms with Crippen LogP contribution in [0.1, 0.15) is 19.0 Å². The van der Waals surface area contributed by atoms with E-state index in [1.54, 1.807) is 11.8 Å². The van der Waals surface area contributed by atoms with Gasteiger partial charge >= 0.3 is 0 Å². The second-order valence-electron chi connectivity index (χ2n) is 4.55. The SMILES string of the molecule is Cc1cccc(OC2CCN(C(=O)C(C)Cl)C2)n1. The molecule has 1 aliphatic rings. The summed E-state index contributed by atoms with van der Waals surface area (Å²) in [6.07, 6.45) is 0.837. The van der Waals surface area contributed by atoms with Gasteiger partial charge in [0, 0.05) is 24.7 Å². The van der Waals surface area contributed by atoms with E-state index in [-0.39, 0.29) is 12.0 Å². The molecule has 1 amide bonds. The molecule has 1 fully saturated rings. The number of alkyl halides is 1. The number of hydrogen-bond donors (Lipinski definition) is 0. The second kappa shape index (κ2) is 5.57. The van der Waals surface area contributed by atoms with Crippen molar-refractivity contribution in [3.05, 3.63) is 23.9 Å². The number of nitrogens with zero attached hydrogens (tertiary/aromatic N) is 2. The number of hydrogen-bond acceptors (Lipinski definition) is 3. The fourth-order valence-electron chi connectivity index (χ4n) is 2.03. The highest BCUT2D eigenvalue weighted by atomic mass is 35.5. The van der Waals surface area contributed by atoms with E-state index in [4.69, 9.17) is 16.3 Å². The van der Waals surface area contributed by atoms with E-state index in [0.29, 0.717) is 19.0 Å². The van der Waals surface area contributed by atoms with Crippen molar-refractivity contribution < 1.29 is 9.53 Å². The Kier molecular flexibility index (Phi) is 4.07. The minimum atomic E-state index is -0.471. The summed E-state index contributed by atoms with van der Waals surface area (Å²) < 4.78 is 5.77. The molecule has 0 N–H and O–H groups in total. The molecule has 18 heavy (non-hydrogen) atoms. The number of carbonyl (C=O) groups is 1. The van der Waals surface area contributed by atoms with Gasteiger partial charge in [-0.1, -0.05) is 6.07 Å². The Morgan fingerprint density at radius 2 is 2.39 bits per heavy atom. The molecule has 2 heterocycles. The van der Waals surface area contributed by atoms with Crippen LogP contribution in [0.3, 0.4) is 0 Å². The number of halogens is 1. The average molecular weight is 269 g/mol. The Labute approximate surface area is 112 Å². The molecule has 1 aromatic rings. The molecule has 0 aliphatic carbocycles. The number of aryl methyl sites for hydroxylation is 1. The van der Waals surface area contributed by atoms with E-state index in [9.17, 15) is 4.79 Å². The van der Waals surface area contributed by atoms with Crippen LogP contribution in [0.25, 0.3) is 0 Å². The standard InChI is InChI=1S/C13H17ClN2O2/c1-9-4-3-5-12(15-9)18-11-6-7-16(8-11)13(17)10(2)14/h3-5,10-11H,6-8H2,1-2H3. The summed E-state index contributed by atoms with van der Waals surface area (Å²) in [7, 11) is 0. The normalized spacial score (nSPS) is 20.8. The number of likely N-dealkylation sites (tertiary alicyclic amines) is 1. The molecular formula is C13H17ClN2O2. The molecule has 0 radical (unpaired) electrons. The molecule has 1 saturated heterocycles. The van der Waals surface area contributed by atoms with Gasteiger partial charge in [-0.25, -0.2) is 4.98 Å². The average Bonchev–Trinajstić information content (AvgIpc) is 2.76. The quantitative estimate of drug-likeness (QED) is 0.788. The van der Waals surface area contributed by atoms with Gasteiger partial charge in [0.05, 0.1) is 6.54 Å².